The molecule has 132 valence electrons. The molecule has 3 N–H and O–H groups in total. The van der Waals surface area contributed by atoms with Crippen molar-refractivity contribution < 1.29 is 8.81 Å². The van der Waals surface area contributed by atoms with Crippen LogP contribution in [0.5, 0.6) is 0 Å². The van der Waals surface area contributed by atoms with Crippen LogP contribution in [0.3, 0.4) is 0 Å². The Labute approximate surface area is 144 Å². The Balaban J connectivity index is 0.000000880. The second-order valence-corrected chi connectivity index (χ2v) is 5.93. The number of anilines is 1. The van der Waals surface area contributed by atoms with Gasteiger partial charge < -0.3 is 20.1 Å². The van der Waals surface area contributed by atoms with Gasteiger partial charge in [0.2, 0.25) is 5.43 Å². The minimum Gasteiger partial charge on any atom is -0.450 e. The predicted molar refractivity (Wildman–Crippen MR) is 99.4 cm³/mol. The topological polar surface area (TPSA) is 81.9 Å². The van der Waals surface area contributed by atoms with E-state index in [1.807, 2.05) is 13.8 Å². The number of halogens is 1. The predicted octanol–water partition coefficient (Wildman–Crippen LogP) is 4.79. The highest BCUT2D eigenvalue weighted by molar-refractivity contribution is 6.05. The fourth-order valence-corrected chi connectivity index (χ4v) is 3.34. The van der Waals surface area contributed by atoms with Gasteiger partial charge in [0.1, 0.15) is 22.7 Å². The Hall–Kier alpha value is -2.63. The first-order chi connectivity index (χ1) is 12.2. The molecule has 4 rings (SSSR count). The molecular weight excluding hydrogens is 321 g/mol. The molecule has 0 bridgehead atoms. The second kappa shape index (κ2) is 7.09. The summed E-state index contributed by atoms with van der Waals surface area (Å²) in [5, 5.41) is 11.1. The van der Waals surface area contributed by atoms with Gasteiger partial charge in [-0.15, -0.1) is 0 Å². The third-order valence-electron chi connectivity index (χ3n) is 4.48. The van der Waals surface area contributed by atoms with Crippen LogP contribution < -0.4 is 10.7 Å². The zero-order chi connectivity index (χ0) is 18.0. The lowest BCUT2D eigenvalue weighted by molar-refractivity contribution is 0.633. The van der Waals surface area contributed by atoms with Gasteiger partial charge in [0.15, 0.2) is 5.58 Å². The third kappa shape index (κ3) is 2.92. The number of H-pyrrole nitrogens is 1. The Bertz CT molecular complexity index is 968. The molecule has 1 aromatic carbocycles. The van der Waals surface area contributed by atoms with E-state index in [1.165, 1.54) is 6.07 Å². The Morgan fingerprint density at radius 1 is 1.32 bits per heavy atom. The van der Waals surface area contributed by atoms with E-state index in [0.29, 0.717) is 16.9 Å². The SMILES string of the molecule is CC.N=Cc1c(NC2CCCC2)[nH]c2c(oc3cccc(F)c32)c1=O. The normalized spacial score (nSPS) is 14.5. The molecule has 0 saturated heterocycles. The maximum absolute atomic E-state index is 14.2. The first-order valence-electron chi connectivity index (χ1n) is 8.73. The average molecular weight is 343 g/mol. The molecule has 1 fully saturated rings. The van der Waals surface area contributed by atoms with Crippen molar-refractivity contribution in [2.24, 2.45) is 0 Å². The van der Waals surface area contributed by atoms with Crippen LogP contribution in [0.1, 0.15) is 45.1 Å². The zero-order valence-electron chi connectivity index (χ0n) is 14.4. The average Bonchev–Trinajstić information content (AvgIpc) is 3.25. The van der Waals surface area contributed by atoms with Gasteiger partial charge in [-0.25, -0.2) is 4.39 Å². The van der Waals surface area contributed by atoms with E-state index in [1.54, 1.807) is 12.1 Å². The maximum Gasteiger partial charge on any atom is 0.235 e. The van der Waals surface area contributed by atoms with Crippen molar-refractivity contribution in [3.8, 4) is 0 Å². The summed E-state index contributed by atoms with van der Waals surface area (Å²) in [6.45, 7) is 4.00. The van der Waals surface area contributed by atoms with Gasteiger partial charge in [0.05, 0.1) is 10.9 Å². The number of nitrogens with one attached hydrogen (secondary N) is 3. The number of aromatic nitrogens is 1. The van der Waals surface area contributed by atoms with Gasteiger partial charge in [-0.05, 0) is 25.0 Å². The summed E-state index contributed by atoms with van der Waals surface area (Å²) in [6.07, 6.45) is 5.36. The van der Waals surface area contributed by atoms with Gasteiger partial charge >= 0.3 is 0 Å². The molecule has 0 radical (unpaired) electrons. The van der Waals surface area contributed by atoms with Crippen LogP contribution in [-0.2, 0) is 0 Å². The molecule has 2 aromatic heterocycles. The molecular formula is C19H22FN3O2. The van der Waals surface area contributed by atoms with Crippen LogP contribution in [0.15, 0.2) is 27.4 Å². The first kappa shape index (κ1) is 17.2. The van der Waals surface area contributed by atoms with Crippen molar-refractivity contribution in [1.82, 2.24) is 4.98 Å². The molecule has 0 spiro atoms. The highest BCUT2D eigenvalue weighted by Gasteiger charge is 2.21. The van der Waals surface area contributed by atoms with Gasteiger partial charge in [0, 0.05) is 12.3 Å². The molecule has 0 amide bonds. The Morgan fingerprint density at radius 2 is 2.04 bits per heavy atom. The third-order valence-corrected chi connectivity index (χ3v) is 4.48. The fourth-order valence-electron chi connectivity index (χ4n) is 3.34. The van der Waals surface area contributed by atoms with Crippen LogP contribution in [0.4, 0.5) is 10.2 Å². The van der Waals surface area contributed by atoms with Crippen LogP contribution in [-0.4, -0.2) is 17.2 Å². The van der Waals surface area contributed by atoms with Crippen molar-refractivity contribution in [2.75, 3.05) is 5.32 Å². The summed E-state index contributed by atoms with van der Waals surface area (Å²) in [5.41, 5.74) is 0.533. The van der Waals surface area contributed by atoms with Crippen molar-refractivity contribution >= 4 is 34.1 Å². The van der Waals surface area contributed by atoms with Crippen molar-refractivity contribution in [1.29, 1.82) is 5.41 Å². The summed E-state index contributed by atoms with van der Waals surface area (Å²) >= 11 is 0. The number of hydrogen-bond acceptors (Lipinski definition) is 4. The molecule has 1 aliphatic carbocycles. The molecule has 25 heavy (non-hydrogen) atoms. The monoisotopic (exact) mass is 343 g/mol. The van der Waals surface area contributed by atoms with Crippen LogP contribution in [0.2, 0.25) is 0 Å². The number of aromatic amines is 1. The van der Waals surface area contributed by atoms with Crippen molar-refractivity contribution in [3.63, 3.8) is 0 Å². The van der Waals surface area contributed by atoms with E-state index in [2.05, 4.69) is 10.3 Å². The minimum atomic E-state index is -0.439. The zero-order valence-corrected chi connectivity index (χ0v) is 14.4. The summed E-state index contributed by atoms with van der Waals surface area (Å²) in [7, 11) is 0. The van der Waals surface area contributed by atoms with E-state index in [4.69, 9.17) is 9.83 Å². The van der Waals surface area contributed by atoms with Crippen molar-refractivity contribution in [2.45, 2.75) is 45.6 Å². The molecule has 0 atom stereocenters. The molecule has 3 aromatic rings. The molecule has 0 unspecified atom stereocenters. The number of benzene rings is 1. The lowest BCUT2D eigenvalue weighted by Gasteiger charge is -2.15. The highest BCUT2D eigenvalue weighted by Crippen LogP contribution is 2.30. The van der Waals surface area contributed by atoms with Gasteiger partial charge in [0.25, 0.3) is 0 Å². The number of rotatable bonds is 3. The van der Waals surface area contributed by atoms with Crippen LogP contribution in [0, 0.1) is 11.2 Å². The number of fused-ring (bicyclic) bond motifs is 3. The quantitative estimate of drug-likeness (QED) is 0.598. The smallest absolute Gasteiger partial charge is 0.235 e. The number of furan rings is 1. The molecule has 1 aliphatic rings. The maximum atomic E-state index is 14.2. The van der Waals surface area contributed by atoms with E-state index >= 15 is 0 Å². The Kier molecular flexibility index (Phi) is 4.88. The van der Waals surface area contributed by atoms with E-state index in [9.17, 15) is 9.18 Å². The van der Waals surface area contributed by atoms with Crippen LogP contribution in [0.25, 0.3) is 22.1 Å². The lowest BCUT2D eigenvalue weighted by atomic mass is 10.1. The second-order valence-electron chi connectivity index (χ2n) is 5.93. The molecule has 6 heteroatoms. The molecule has 2 heterocycles. The lowest BCUT2D eigenvalue weighted by Crippen LogP contribution is -2.21. The van der Waals surface area contributed by atoms with Crippen molar-refractivity contribution in [3.05, 3.63) is 39.8 Å². The summed E-state index contributed by atoms with van der Waals surface area (Å²) in [4.78, 5) is 15.7. The standard InChI is InChI=1S/C17H16FN3O2.C2H6/c18-11-6-3-7-12-13(11)14-16(23-12)15(22)10(8-19)17(21-14)20-9-4-1-2-5-9;1-2/h3,6-9,19H,1-2,4-5H2,(H2,20,21,22);1-2H3. The number of hydrogen-bond donors (Lipinski definition) is 3. The summed E-state index contributed by atoms with van der Waals surface area (Å²) in [5.74, 6) is 0.0293. The highest BCUT2D eigenvalue weighted by atomic mass is 19.1. The molecule has 1 saturated carbocycles. The van der Waals surface area contributed by atoms with Crippen LogP contribution >= 0.6 is 0 Å². The summed E-state index contributed by atoms with van der Waals surface area (Å²) < 4.78 is 19.7. The van der Waals surface area contributed by atoms with E-state index in [0.717, 1.165) is 31.9 Å². The fraction of sp³-hybridized carbons (Fsp3) is 0.368. The van der Waals surface area contributed by atoms with E-state index < -0.39 is 11.2 Å². The Morgan fingerprint density at radius 3 is 2.72 bits per heavy atom. The summed E-state index contributed by atoms with van der Waals surface area (Å²) in [6, 6.07) is 4.77. The largest absolute Gasteiger partial charge is 0.450 e. The first-order valence-corrected chi connectivity index (χ1v) is 8.73. The number of pyridine rings is 1. The minimum absolute atomic E-state index is 0.0561. The molecule has 5 nitrogen and oxygen atoms in total. The van der Waals surface area contributed by atoms with Gasteiger partial charge in [-0.2, -0.15) is 0 Å². The van der Waals surface area contributed by atoms with E-state index in [-0.39, 0.29) is 22.6 Å². The van der Waals surface area contributed by atoms with Gasteiger partial charge in [-0.1, -0.05) is 32.8 Å². The van der Waals surface area contributed by atoms with Gasteiger partial charge in [-0.3, -0.25) is 4.79 Å². The molecule has 0 aliphatic heterocycles.